The summed E-state index contributed by atoms with van der Waals surface area (Å²) >= 11 is 0. The number of aromatic nitrogens is 3. The summed E-state index contributed by atoms with van der Waals surface area (Å²) in [5.41, 5.74) is 3.66. The van der Waals surface area contributed by atoms with Crippen molar-refractivity contribution in [3.8, 4) is 5.69 Å². The molecule has 25 heavy (non-hydrogen) atoms. The van der Waals surface area contributed by atoms with Gasteiger partial charge in [0, 0.05) is 13.1 Å². The van der Waals surface area contributed by atoms with Gasteiger partial charge in [0.2, 0.25) is 0 Å². The van der Waals surface area contributed by atoms with E-state index in [9.17, 15) is 4.79 Å². The Morgan fingerprint density at radius 2 is 2.00 bits per heavy atom. The number of amides is 1. The molecule has 6 heteroatoms. The Bertz CT molecular complexity index is 802. The van der Waals surface area contributed by atoms with Crippen LogP contribution in [0, 0.1) is 6.92 Å². The van der Waals surface area contributed by atoms with E-state index in [0.29, 0.717) is 13.1 Å². The van der Waals surface area contributed by atoms with E-state index in [4.69, 9.17) is 4.74 Å². The van der Waals surface area contributed by atoms with Gasteiger partial charge < -0.3 is 9.64 Å². The zero-order chi connectivity index (χ0) is 18.0. The third-order valence-corrected chi connectivity index (χ3v) is 4.05. The summed E-state index contributed by atoms with van der Waals surface area (Å²) < 4.78 is 7.22. The van der Waals surface area contributed by atoms with Crippen LogP contribution in [0.15, 0.2) is 36.5 Å². The summed E-state index contributed by atoms with van der Waals surface area (Å²) in [7, 11) is 0. The molecule has 1 amide bonds. The van der Waals surface area contributed by atoms with Gasteiger partial charge in [-0.1, -0.05) is 29.5 Å². The van der Waals surface area contributed by atoms with Gasteiger partial charge in [0.1, 0.15) is 11.3 Å². The molecule has 2 aromatic rings. The van der Waals surface area contributed by atoms with Crippen molar-refractivity contribution in [2.45, 2.75) is 39.7 Å². The Balaban J connectivity index is 1.71. The van der Waals surface area contributed by atoms with Crippen molar-refractivity contribution in [2.24, 2.45) is 0 Å². The van der Waals surface area contributed by atoms with Crippen LogP contribution >= 0.6 is 0 Å². The second-order valence-corrected chi connectivity index (χ2v) is 7.24. The maximum Gasteiger partial charge on any atom is 0.410 e. The second kappa shape index (κ2) is 6.70. The van der Waals surface area contributed by atoms with E-state index in [2.05, 4.69) is 23.3 Å². The molecule has 0 N–H and O–H groups in total. The minimum atomic E-state index is -0.475. The highest BCUT2D eigenvalue weighted by Gasteiger charge is 2.24. The molecular weight excluding hydrogens is 316 g/mol. The molecule has 2 heterocycles. The molecule has 0 saturated heterocycles. The molecule has 1 aliphatic heterocycles. The van der Waals surface area contributed by atoms with Crippen molar-refractivity contribution in [1.82, 2.24) is 19.9 Å². The first-order valence-electron chi connectivity index (χ1n) is 8.49. The molecule has 0 bridgehead atoms. The van der Waals surface area contributed by atoms with Crippen LogP contribution in [0.2, 0.25) is 0 Å². The van der Waals surface area contributed by atoms with Crippen LogP contribution in [0.25, 0.3) is 11.3 Å². The lowest BCUT2D eigenvalue weighted by Gasteiger charge is -2.29. The van der Waals surface area contributed by atoms with Crippen LogP contribution in [0.5, 0.6) is 0 Å². The molecule has 0 aliphatic carbocycles. The number of rotatable bonds is 2. The molecule has 0 atom stereocenters. The van der Waals surface area contributed by atoms with E-state index in [-0.39, 0.29) is 6.09 Å². The average molecular weight is 340 g/mol. The van der Waals surface area contributed by atoms with Gasteiger partial charge in [0.05, 0.1) is 11.9 Å². The predicted octanol–water partition coefficient (Wildman–Crippen LogP) is 3.60. The molecule has 0 saturated carbocycles. The standard InChI is InChI=1S/C19H24N4O2/c1-14-7-5-6-8-17(14)23-13-16(20-21-23)15-9-11-22(12-10-15)18(24)25-19(2,3)4/h5-9,13H,10-12H2,1-4H3. The molecule has 132 valence electrons. The van der Waals surface area contributed by atoms with E-state index < -0.39 is 5.60 Å². The Morgan fingerprint density at radius 1 is 1.24 bits per heavy atom. The Morgan fingerprint density at radius 3 is 2.64 bits per heavy atom. The highest BCUT2D eigenvalue weighted by Crippen LogP contribution is 2.23. The van der Waals surface area contributed by atoms with Crippen molar-refractivity contribution >= 4 is 11.7 Å². The van der Waals surface area contributed by atoms with Crippen molar-refractivity contribution in [2.75, 3.05) is 13.1 Å². The number of para-hydroxylation sites is 1. The molecular formula is C19H24N4O2. The van der Waals surface area contributed by atoms with Crippen LogP contribution in [0.3, 0.4) is 0 Å². The van der Waals surface area contributed by atoms with Crippen molar-refractivity contribution in [3.63, 3.8) is 0 Å². The van der Waals surface area contributed by atoms with Crippen LogP contribution in [-0.4, -0.2) is 44.7 Å². The first-order valence-corrected chi connectivity index (χ1v) is 8.49. The summed E-state index contributed by atoms with van der Waals surface area (Å²) in [5, 5.41) is 8.54. The second-order valence-electron chi connectivity index (χ2n) is 7.24. The number of nitrogens with zero attached hydrogens (tertiary/aromatic N) is 4. The highest BCUT2D eigenvalue weighted by molar-refractivity contribution is 5.71. The van der Waals surface area contributed by atoms with E-state index in [1.165, 1.54) is 0 Å². The van der Waals surface area contributed by atoms with E-state index in [1.54, 1.807) is 9.58 Å². The van der Waals surface area contributed by atoms with E-state index in [1.807, 2.05) is 51.2 Å². The summed E-state index contributed by atoms with van der Waals surface area (Å²) in [5.74, 6) is 0. The minimum absolute atomic E-state index is 0.272. The van der Waals surface area contributed by atoms with Crippen LogP contribution in [-0.2, 0) is 4.74 Å². The number of hydrogen-bond donors (Lipinski definition) is 0. The first kappa shape index (κ1) is 17.2. The molecule has 3 rings (SSSR count). The van der Waals surface area contributed by atoms with Crippen molar-refractivity contribution < 1.29 is 9.53 Å². The molecule has 0 spiro atoms. The summed E-state index contributed by atoms with van der Waals surface area (Å²) in [6.07, 6.45) is 4.44. The first-order chi connectivity index (χ1) is 11.8. The SMILES string of the molecule is Cc1ccccc1-n1cc(C2=CCN(C(=O)OC(C)(C)C)CC2)nn1. The zero-order valence-electron chi connectivity index (χ0n) is 15.2. The van der Waals surface area contributed by atoms with E-state index >= 15 is 0 Å². The number of carbonyl (C=O) groups is 1. The van der Waals surface area contributed by atoms with Gasteiger partial charge in [0.25, 0.3) is 0 Å². The van der Waals surface area contributed by atoms with E-state index in [0.717, 1.165) is 28.9 Å². The largest absolute Gasteiger partial charge is 0.444 e. The average Bonchev–Trinajstić information content (AvgIpc) is 3.03. The third-order valence-electron chi connectivity index (χ3n) is 4.05. The summed E-state index contributed by atoms with van der Waals surface area (Å²) in [6, 6.07) is 8.07. The normalized spacial score (nSPS) is 15.0. The number of hydrogen-bond acceptors (Lipinski definition) is 4. The Hall–Kier alpha value is -2.63. The molecule has 1 aromatic carbocycles. The quantitative estimate of drug-likeness (QED) is 0.838. The van der Waals surface area contributed by atoms with Gasteiger partial charge in [-0.15, -0.1) is 5.10 Å². The van der Waals surface area contributed by atoms with Gasteiger partial charge in [-0.25, -0.2) is 9.48 Å². The summed E-state index contributed by atoms with van der Waals surface area (Å²) in [6.45, 7) is 8.83. The Labute approximate surface area is 148 Å². The smallest absolute Gasteiger partial charge is 0.410 e. The number of benzene rings is 1. The van der Waals surface area contributed by atoms with Crippen molar-refractivity contribution in [1.29, 1.82) is 0 Å². The lowest BCUT2D eigenvalue weighted by molar-refractivity contribution is 0.0270. The molecule has 0 radical (unpaired) electrons. The predicted molar refractivity (Wildman–Crippen MR) is 96.5 cm³/mol. The number of aryl methyl sites for hydroxylation is 1. The third kappa shape index (κ3) is 4.07. The highest BCUT2D eigenvalue weighted by atomic mass is 16.6. The van der Waals surface area contributed by atoms with Gasteiger partial charge in [-0.3, -0.25) is 0 Å². The Kier molecular flexibility index (Phi) is 4.61. The van der Waals surface area contributed by atoms with Gasteiger partial charge in [-0.05, 0) is 51.3 Å². The van der Waals surface area contributed by atoms with Gasteiger partial charge in [-0.2, -0.15) is 0 Å². The van der Waals surface area contributed by atoms with Crippen LogP contribution < -0.4 is 0 Å². The molecule has 0 fully saturated rings. The topological polar surface area (TPSA) is 60.2 Å². The fourth-order valence-corrected chi connectivity index (χ4v) is 2.74. The fourth-order valence-electron chi connectivity index (χ4n) is 2.74. The molecule has 0 unspecified atom stereocenters. The zero-order valence-corrected chi connectivity index (χ0v) is 15.2. The lowest BCUT2D eigenvalue weighted by atomic mass is 10.1. The fraction of sp³-hybridized carbons (Fsp3) is 0.421. The number of ether oxygens (including phenoxy) is 1. The van der Waals surface area contributed by atoms with Crippen molar-refractivity contribution in [3.05, 3.63) is 47.8 Å². The van der Waals surface area contributed by atoms with Crippen LogP contribution in [0.1, 0.15) is 38.4 Å². The lowest BCUT2D eigenvalue weighted by Crippen LogP contribution is -2.39. The van der Waals surface area contributed by atoms with Crippen LogP contribution in [0.4, 0.5) is 4.79 Å². The summed E-state index contributed by atoms with van der Waals surface area (Å²) in [4.78, 5) is 13.8. The molecule has 1 aliphatic rings. The monoisotopic (exact) mass is 340 g/mol. The van der Waals surface area contributed by atoms with Gasteiger partial charge in [0.15, 0.2) is 0 Å². The minimum Gasteiger partial charge on any atom is -0.444 e. The molecule has 1 aromatic heterocycles. The maximum atomic E-state index is 12.1. The number of carbonyl (C=O) groups excluding carboxylic acids is 1. The maximum absolute atomic E-state index is 12.1. The molecule has 6 nitrogen and oxygen atoms in total. The van der Waals surface area contributed by atoms with Gasteiger partial charge >= 0.3 is 6.09 Å².